The van der Waals surface area contributed by atoms with Crippen LogP contribution in [0.25, 0.3) is 0 Å². The van der Waals surface area contributed by atoms with E-state index in [1.807, 2.05) is 0 Å². The molecule has 0 aliphatic carbocycles. The van der Waals surface area contributed by atoms with E-state index in [0.29, 0.717) is 0 Å². The molecule has 0 aromatic heterocycles. The average molecular weight is 282 g/mol. The minimum atomic E-state index is -2.11. The maximum atomic E-state index is 11.9. The van der Waals surface area contributed by atoms with Gasteiger partial charge in [0, 0.05) is 17.2 Å². The number of nitrogens with one attached hydrogen (secondary N) is 1. The molecule has 1 rings (SSSR count). The van der Waals surface area contributed by atoms with Crippen molar-refractivity contribution in [3.63, 3.8) is 0 Å². The molecule has 8 heteroatoms. The van der Waals surface area contributed by atoms with Gasteiger partial charge in [-0.15, -0.1) is 0 Å². The Morgan fingerprint density at radius 2 is 2.05 bits per heavy atom. The molecule has 1 aromatic rings. The standard InChI is InChI=1S/C12H14N2O6/c1-7-8(4-3-5-9(7)14(19)20)10(15)13-6-12(2,18)11(16)17/h3-5,18H,6H2,1-2H3,(H,13,15)(H,16,17). The second-order valence-corrected chi connectivity index (χ2v) is 4.47. The van der Waals surface area contributed by atoms with Gasteiger partial charge >= 0.3 is 5.97 Å². The first-order valence-electron chi connectivity index (χ1n) is 5.65. The molecule has 0 heterocycles. The van der Waals surface area contributed by atoms with Crippen molar-refractivity contribution in [3.8, 4) is 0 Å². The van der Waals surface area contributed by atoms with Crippen molar-refractivity contribution >= 4 is 17.6 Å². The molecule has 0 fully saturated rings. The third kappa shape index (κ3) is 3.29. The van der Waals surface area contributed by atoms with Gasteiger partial charge in [0.25, 0.3) is 11.6 Å². The van der Waals surface area contributed by atoms with Gasteiger partial charge in [-0.25, -0.2) is 4.79 Å². The number of carboxylic acid groups (broad SMARTS) is 1. The van der Waals surface area contributed by atoms with Gasteiger partial charge in [0.2, 0.25) is 0 Å². The van der Waals surface area contributed by atoms with Crippen LogP contribution in [-0.2, 0) is 4.79 Å². The van der Waals surface area contributed by atoms with Crippen LogP contribution >= 0.6 is 0 Å². The number of rotatable bonds is 5. The van der Waals surface area contributed by atoms with Gasteiger partial charge in [-0.3, -0.25) is 14.9 Å². The lowest BCUT2D eigenvalue weighted by molar-refractivity contribution is -0.385. The Bertz CT molecular complexity index is 567. The highest BCUT2D eigenvalue weighted by atomic mass is 16.6. The largest absolute Gasteiger partial charge is 0.479 e. The summed E-state index contributed by atoms with van der Waals surface area (Å²) in [7, 11) is 0. The zero-order chi connectivity index (χ0) is 15.5. The second kappa shape index (κ2) is 5.66. The summed E-state index contributed by atoms with van der Waals surface area (Å²) in [6.45, 7) is 1.95. The van der Waals surface area contributed by atoms with Crippen molar-refractivity contribution in [2.75, 3.05) is 6.54 Å². The Hall–Kier alpha value is -2.48. The highest BCUT2D eigenvalue weighted by molar-refractivity contribution is 5.97. The number of carbonyl (C=O) groups is 2. The van der Waals surface area contributed by atoms with Gasteiger partial charge in [0.15, 0.2) is 5.60 Å². The molecular weight excluding hydrogens is 268 g/mol. The quantitative estimate of drug-likeness (QED) is 0.531. The molecule has 108 valence electrons. The first-order chi connectivity index (χ1) is 9.16. The summed E-state index contributed by atoms with van der Waals surface area (Å²) in [5.74, 6) is -2.17. The van der Waals surface area contributed by atoms with E-state index in [0.717, 1.165) is 6.92 Å². The Kier molecular flexibility index (Phi) is 4.41. The third-order valence-corrected chi connectivity index (χ3v) is 2.80. The van der Waals surface area contributed by atoms with Crippen molar-refractivity contribution in [2.24, 2.45) is 0 Å². The maximum absolute atomic E-state index is 11.9. The molecule has 3 N–H and O–H groups in total. The van der Waals surface area contributed by atoms with Crippen LogP contribution in [0.4, 0.5) is 5.69 Å². The van der Waals surface area contributed by atoms with Crippen LogP contribution in [0.1, 0.15) is 22.8 Å². The molecule has 0 aliphatic rings. The number of nitro benzene ring substituents is 1. The fourth-order valence-corrected chi connectivity index (χ4v) is 1.49. The number of carboxylic acids is 1. The number of carbonyl (C=O) groups excluding carboxylic acids is 1. The van der Waals surface area contributed by atoms with Crippen molar-refractivity contribution in [3.05, 3.63) is 39.4 Å². The van der Waals surface area contributed by atoms with E-state index in [1.54, 1.807) is 0 Å². The van der Waals surface area contributed by atoms with E-state index in [4.69, 9.17) is 5.11 Å². The monoisotopic (exact) mass is 282 g/mol. The zero-order valence-corrected chi connectivity index (χ0v) is 10.9. The first kappa shape index (κ1) is 15.6. The second-order valence-electron chi connectivity index (χ2n) is 4.47. The number of hydrogen-bond acceptors (Lipinski definition) is 5. The molecule has 0 spiro atoms. The molecule has 1 atom stereocenters. The first-order valence-corrected chi connectivity index (χ1v) is 5.65. The Labute approximate surface area is 114 Å². The Balaban J connectivity index is 2.92. The summed E-state index contributed by atoms with van der Waals surface area (Å²) in [5, 5.41) is 31.2. The lowest BCUT2D eigenvalue weighted by Gasteiger charge is -2.18. The summed E-state index contributed by atoms with van der Waals surface area (Å²) in [5.41, 5.74) is -2.09. The van der Waals surface area contributed by atoms with E-state index >= 15 is 0 Å². The minimum Gasteiger partial charge on any atom is -0.479 e. The summed E-state index contributed by atoms with van der Waals surface area (Å²) >= 11 is 0. The van der Waals surface area contributed by atoms with Crippen molar-refractivity contribution in [1.82, 2.24) is 5.32 Å². The third-order valence-electron chi connectivity index (χ3n) is 2.80. The van der Waals surface area contributed by atoms with Crippen LogP contribution in [-0.4, -0.2) is 39.2 Å². The minimum absolute atomic E-state index is 0.0559. The molecule has 1 aromatic carbocycles. The van der Waals surface area contributed by atoms with Gasteiger partial charge in [-0.1, -0.05) is 6.07 Å². The fourth-order valence-electron chi connectivity index (χ4n) is 1.49. The van der Waals surface area contributed by atoms with Crippen molar-refractivity contribution in [1.29, 1.82) is 0 Å². The zero-order valence-electron chi connectivity index (χ0n) is 10.9. The van der Waals surface area contributed by atoms with Gasteiger partial charge in [-0.05, 0) is 19.9 Å². The maximum Gasteiger partial charge on any atom is 0.337 e. The lowest BCUT2D eigenvalue weighted by atomic mass is 10.0. The van der Waals surface area contributed by atoms with Gasteiger partial charge in [-0.2, -0.15) is 0 Å². The smallest absolute Gasteiger partial charge is 0.337 e. The SMILES string of the molecule is Cc1c(C(=O)NCC(C)(O)C(=O)O)cccc1[N+](=O)[O-]. The number of nitrogens with zero attached hydrogens (tertiary/aromatic N) is 1. The molecule has 0 radical (unpaired) electrons. The molecule has 20 heavy (non-hydrogen) atoms. The molecule has 1 unspecified atom stereocenters. The van der Waals surface area contributed by atoms with Gasteiger partial charge in [0.05, 0.1) is 11.5 Å². The van der Waals surface area contributed by atoms with Crippen LogP contribution in [0.5, 0.6) is 0 Å². The van der Waals surface area contributed by atoms with Crippen molar-refractivity contribution in [2.45, 2.75) is 19.4 Å². The summed E-state index contributed by atoms with van der Waals surface area (Å²) in [4.78, 5) is 32.7. The molecule has 1 amide bonds. The van der Waals surface area contributed by atoms with Crippen LogP contribution < -0.4 is 5.32 Å². The summed E-state index contributed by atoms with van der Waals surface area (Å²) < 4.78 is 0. The Morgan fingerprint density at radius 3 is 2.55 bits per heavy atom. The Morgan fingerprint density at radius 1 is 1.45 bits per heavy atom. The van der Waals surface area contributed by atoms with E-state index in [-0.39, 0.29) is 16.8 Å². The molecule has 0 saturated heterocycles. The summed E-state index contributed by atoms with van der Waals surface area (Å²) in [6, 6.07) is 4.00. The lowest BCUT2D eigenvalue weighted by Crippen LogP contribution is -2.46. The van der Waals surface area contributed by atoms with E-state index < -0.39 is 28.9 Å². The van der Waals surface area contributed by atoms with E-state index in [9.17, 15) is 24.8 Å². The van der Waals surface area contributed by atoms with Crippen LogP contribution in [0.2, 0.25) is 0 Å². The molecule has 0 saturated carbocycles. The number of nitro groups is 1. The van der Waals surface area contributed by atoms with Crippen molar-refractivity contribution < 1.29 is 24.7 Å². The van der Waals surface area contributed by atoms with Crippen LogP contribution in [0.15, 0.2) is 18.2 Å². The molecule has 8 nitrogen and oxygen atoms in total. The molecule has 0 aliphatic heterocycles. The predicted molar refractivity (Wildman–Crippen MR) is 68.4 cm³/mol. The van der Waals surface area contributed by atoms with Gasteiger partial charge in [0.1, 0.15) is 0 Å². The number of aliphatic carboxylic acids is 1. The summed E-state index contributed by atoms with van der Waals surface area (Å²) in [6.07, 6.45) is 0. The fraction of sp³-hybridized carbons (Fsp3) is 0.333. The normalized spacial score (nSPS) is 13.3. The number of hydrogen-bond donors (Lipinski definition) is 3. The number of benzene rings is 1. The van der Waals surface area contributed by atoms with E-state index in [2.05, 4.69) is 5.32 Å². The van der Waals surface area contributed by atoms with E-state index in [1.165, 1.54) is 25.1 Å². The molecular formula is C12H14N2O6. The molecule has 0 bridgehead atoms. The van der Waals surface area contributed by atoms with Crippen LogP contribution in [0.3, 0.4) is 0 Å². The number of aliphatic hydroxyl groups is 1. The average Bonchev–Trinajstić information content (AvgIpc) is 2.35. The van der Waals surface area contributed by atoms with Crippen LogP contribution in [0, 0.1) is 17.0 Å². The highest BCUT2D eigenvalue weighted by Gasteiger charge is 2.30. The highest BCUT2D eigenvalue weighted by Crippen LogP contribution is 2.21. The number of amides is 1. The predicted octanol–water partition coefficient (Wildman–Crippen LogP) is 0.469. The van der Waals surface area contributed by atoms with Gasteiger partial charge < -0.3 is 15.5 Å². The topological polar surface area (TPSA) is 130 Å².